The molecule has 60 valence electrons. The zero-order chi connectivity index (χ0) is 6.69. The molecule has 1 atom stereocenters. The van der Waals surface area contributed by atoms with Crippen molar-refractivity contribution in [1.82, 2.24) is 0 Å². The fourth-order valence-electron chi connectivity index (χ4n) is 1.38. The van der Waals surface area contributed by atoms with E-state index in [4.69, 9.17) is 0 Å². The third-order valence-electron chi connectivity index (χ3n) is 1.76. The fourth-order valence-corrected chi connectivity index (χ4v) is 1.38. The molecule has 1 unspecified atom stereocenters. The van der Waals surface area contributed by atoms with Crippen molar-refractivity contribution in [3.63, 3.8) is 0 Å². The molecule has 0 aromatic carbocycles. The molecule has 0 aliphatic heterocycles. The Morgan fingerprint density at radius 2 is 2.09 bits per heavy atom. The monoisotopic (exact) mass is 226 g/mol. The van der Waals surface area contributed by atoms with Gasteiger partial charge in [0, 0.05) is 0 Å². The van der Waals surface area contributed by atoms with E-state index >= 15 is 0 Å². The van der Waals surface area contributed by atoms with Crippen LogP contribution in [0.5, 0.6) is 0 Å². The van der Waals surface area contributed by atoms with Crippen molar-refractivity contribution in [1.29, 1.82) is 0 Å². The molecule has 0 aromatic heterocycles. The molecule has 1 aliphatic carbocycles. The summed E-state index contributed by atoms with van der Waals surface area (Å²) in [4.78, 5) is 0. The molecule has 1 rings (SSSR count). The topological polar surface area (TPSA) is 0 Å². The van der Waals surface area contributed by atoms with Crippen LogP contribution in [-0.2, 0) is 0 Å². The molecule has 0 radical (unpaired) electrons. The van der Waals surface area contributed by atoms with Crippen LogP contribution in [0.15, 0.2) is 11.6 Å². The summed E-state index contributed by atoms with van der Waals surface area (Å²) < 4.78 is 0. The standard InChI is InChI=1S/C9H15.BrH.Mg/c1-8(2)7-9-5-3-4-6-9;;/h5,7,9H,3-4,6H2,1-2H3;1H;/q-1;;+2/p-1. The van der Waals surface area contributed by atoms with Crippen molar-refractivity contribution in [3.05, 3.63) is 18.1 Å². The van der Waals surface area contributed by atoms with Crippen LogP contribution < -0.4 is 17.0 Å². The first kappa shape index (κ1) is 14.5. The Kier molecular flexibility index (Phi) is 10.1. The molecule has 0 nitrogen and oxygen atoms in total. The minimum absolute atomic E-state index is 0. The van der Waals surface area contributed by atoms with E-state index in [0.717, 1.165) is 5.92 Å². The van der Waals surface area contributed by atoms with Crippen LogP contribution in [0, 0.1) is 12.3 Å². The van der Waals surface area contributed by atoms with E-state index in [1.54, 1.807) is 0 Å². The van der Waals surface area contributed by atoms with Gasteiger partial charge in [0.2, 0.25) is 0 Å². The predicted molar refractivity (Wildman–Crippen MR) is 46.8 cm³/mol. The smallest absolute Gasteiger partial charge is 1.00 e. The van der Waals surface area contributed by atoms with Crippen molar-refractivity contribution >= 4 is 23.1 Å². The van der Waals surface area contributed by atoms with E-state index in [0.29, 0.717) is 0 Å². The molecule has 0 aromatic rings. The van der Waals surface area contributed by atoms with E-state index < -0.39 is 0 Å². The minimum Gasteiger partial charge on any atom is -1.00 e. The summed E-state index contributed by atoms with van der Waals surface area (Å²) in [7, 11) is 0. The second-order valence-electron chi connectivity index (χ2n) is 3.07. The SMILES string of the molecule is CC(C)=CC1[CH-]CCC1.[Br-].[Mg+2]. The number of hydrogen-bond donors (Lipinski definition) is 0. The fraction of sp³-hybridized carbons (Fsp3) is 0.667. The molecule has 0 spiro atoms. The molecular weight excluding hydrogens is 212 g/mol. The van der Waals surface area contributed by atoms with Crippen molar-refractivity contribution in [2.75, 3.05) is 0 Å². The van der Waals surface area contributed by atoms with E-state index in [2.05, 4.69) is 26.3 Å². The van der Waals surface area contributed by atoms with Crippen LogP contribution in [0.3, 0.4) is 0 Å². The van der Waals surface area contributed by atoms with Gasteiger partial charge in [-0.3, -0.25) is 0 Å². The van der Waals surface area contributed by atoms with Gasteiger partial charge >= 0.3 is 23.1 Å². The normalized spacial score (nSPS) is 21.5. The molecule has 0 amide bonds. The first-order chi connectivity index (χ1) is 4.29. The van der Waals surface area contributed by atoms with Crippen LogP contribution in [0.1, 0.15) is 33.1 Å². The van der Waals surface area contributed by atoms with Gasteiger partial charge in [-0.15, -0.1) is 12.0 Å². The average Bonchev–Trinajstić information content (AvgIpc) is 2.15. The second-order valence-corrected chi connectivity index (χ2v) is 3.07. The number of hydrogen-bond acceptors (Lipinski definition) is 0. The van der Waals surface area contributed by atoms with E-state index in [9.17, 15) is 0 Å². The number of halogens is 1. The van der Waals surface area contributed by atoms with E-state index in [1.165, 1.54) is 24.8 Å². The Balaban J connectivity index is 0. The Labute approximate surface area is 96.7 Å². The number of rotatable bonds is 1. The molecule has 1 aliphatic rings. The van der Waals surface area contributed by atoms with Crippen LogP contribution in [-0.4, -0.2) is 23.1 Å². The first-order valence-electron chi connectivity index (χ1n) is 3.77. The van der Waals surface area contributed by atoms with Crippen molar-refractivity contribution in [2.45, 2.75) is 33.1 Å². The molecule has 1 fully saturated rings. The molecule has 2 heteroatoms. The zero-order valence-corrected chi connectivity index (χ0v) is 10.4. The van der Waals surface area contributed by atoms with Crippen LogP contribution >= 0.6 is 0 Å². The summed E-state index contributed by atoms with van der Waals surface area (Å²) >= 11 is 0. The van der Waals surface area contributed by atoms with Gasteiger partial charge in [-0.25, -0.2) is 0 Å². The molecule has 0 saturated heterocycles. The maximum Gasteiger partial charge on any atom is 2.00 e. The van der Waals surface area contributed by atoms with Gasteiger partial charge in [0.15, 0.2) is 0 Å². The van der Waals surface area contributed by atoms with Gasteiger partial charge in [0.1, 0.15) is 0 Å². The maximum atomic E-state index is 2.42. The Bertz CT molecular complexity index is 111. The third kappa shape index (κ3) is 6.18. The van der Waals surface area contributed by atoms with Gasteiger partial charge in [-0.2, -0.15) is 6.42 Å². The first-order valence-corrected chi connectivity index (χ1v) is 3.77. The molecule has 0 heterocycles. The molecular formula is C9H15BrMg. The van der Waals surface area contributed by atoms with Gasteiger partial charge in [-0.1, -0.05) is 18.4 Å². The zero-order valence-electron chi connectivity index (χ0n) is 7.44. The third-order valence-corrected chi connectivity index (χ3v) is 1.76. The van der Waals surface area contributed by atoms with Crippen LogP contribution in [0.25, 0.3) is 0 Å². The summed E-state index contributed by atoms with van der Waals surface area (Å²) in [5.41, 5.74) is 1.46. The minimum atomic E-state index is 0. The largest absolute Gasteiger partial charge is 2.00 e. The number of allylic oxidation sites excluding steroid dienone is 2. The Morgan fingerprint density at radius 3 is 2.45 bits per heavy atom. The van der Waals surface area contributed by atoms with Crippen molar-refractivity contribution in [2.24, 2.45) is 5.92 Å². The average molecular weight is 227 g/mol. The van der Waals surface area contributed by atoms with Gasteiger partial charge in [-0.05, 0) is 13.8 Å². The summed E-state index contributed by atoms with van der Waals surface area (Å²) in [6.45, 7) is 4.35. The summed E-state index contributed by atoms with van der Waals surface area (Å²) in [6, 6.07) is 0. The van der Waals surface area contributed by atoms with Gasteiger partial charge in [0.25, 0.3) is 0 Å². The summed E-state index contributed by atoms with van der Waals surface area (Å²) in [5.74, 6) is 0.801. The molecule has 0 bridgehead atoms. The second kappa shape index (κ2) is 7.63. The summed E-state index contributed by atoms with van der Waals surface area (Å²) in [5, 5.41) is 0. The van der Waals surface area contributed by atoms with E-state index in [1.807, 2.05) is 0 Å². The van der Waals surface area contributed by atoms with Gasteiger partial charge < -0.3 is 23.4 Å². The van der Waals surface area contributed by atoms with Gasteiger partial charge in [0.05, 0.1) is 0 Å². The van der Waals surface area contributed by atoms with Crippen LogP contribution in [0.2, 0.25) is 0 Å². The van der Waals surface area contributed by atoms with Crippen molar-refractivity contribution in [3.8, 4) is 0 Å². The maximum absolute atomic E-state index is 2.42. The quantitative estimate of drug-likeness (QED) is 0.324. The molecule has 1 saturated carbocycles. The van der Waals surface area contributed by atoms with Crippen molar-refractivity contribution < 1.29 is 17.0 Å². The Morgan fingerprint density at radius 1 is 1.45 bits per heavy atom. The van der Waals surface area contributed by atoms with E-state index in [-0.39, 0.29) is 40.0 Å². The molecule has 0 N–H and O–H groups in total. The predicted octanol–water partition coefficient (Wildman–Crippen LogP) is -0.420. The Hall–Kier alpha value is 0.986. The molecule has 11 heavy (non-hydrogen) atoms. The van der Waals surface area contributed by atoms with Crippen LogP contribution in [0.4, 0.5) is 0 Å². The summed E-state index contributed by atoms with van der Waals surface area (Å²) in [6.07, 6.45) is 8.90.